The van der Waals surface area contributed by atoms with Crippen LogP contribution in [0.2, 0.25) is 0 Å². The van der Waals surface area contributed by atoms with Crippen molar-refractivity contribution in [3.05, 3.63) is 59.3 Å². The second kappa shape index (κ2) is 9.25. The van der Waals surface area contributed by atoms with Gasteiger partial charge in [0, 0.05) is 16.7 Å². The molecule has 3 rings (SSSR count). The second-order valence-corrected chi connectivity index (χ2v) is 8.26. The molecule has 0 unspecified atom stereocenters. The Labute approximate surface area is 176 Å². The number of anilines is 1. The molecule has 0 radical (unpaired) electrons. The Morgan fingerprint density at radius 3 is 2.89 bits per heavy atom. The third kappa shape index (κ3) is 4.74. The number of allylic oxidation sites excluding steroid dienone is 1. The molecule has 0 saturated carbocycles. The molecule has 0 spiro atoms. The van der Waals surface area contributed by atoms with Gasteiger partial charge in [0.15, 0.2) is 10.9 Å². The number of nitrogens with one attached hydrogen (secondary N) is 1. The molecular formula is C20H21BrN4O2S. The summed E-state index contributed by atoms with van der Waals surface area (Å²) in [5.41, 5.74) is 1.91. The minimum atomic E-state index is -0.0954. The van der Waals surface area contributed by atoms with Crippen molar-refractivity contribution in [1.82, 2.24) is 14.8 Å². The highest BCUT2D eigenvalue weighted by Gasteiger charge is 2.17. The van der Waals surface area contributed by atoms with Crippen LogP contribution in [0.1, 0.15) is 25.3 Å². The van der Waals surface area contributed by atoms with Gasteiger partial charge in [-0.1, -0.05) is 47.6 Å². The minimum absolute atomic E-state index is 0.0954. The van der Waals surface area contributed by atoms with Gasteiger partial charge in [-0.3, -0.25) is 9.36 Å². The van der Waals surface area contributed by atoms with Gasteiger partial charge in [-0.25, -0.2) is 0 Å². The summed E-state index contributed by atoms with van der Waals surface area (Å²) in [6.45, 7) is 8.50. The van der Waals surface area contributed by atoms with Crippen molar-refractivity contribution < 1.29 is 9.21 Å². The van der Waals surface area contributed by atoms with Crippen LogP contribution in [0.3, 0.4) is 0 Å². The molecule has 2 heterocycles. The lowest BCUT2D eigenvalue weighted by atomic mass is 10.0. The molecule has 1 aromatic carbocycles. The highest BCUT2D eigenvalue weighted by Crippen LogP contribution is 2.28. The van der Waals surface area contributed by atoms with Gasteiger partial charge >= 0.3 is 0 Å². The van der Waals surface area contributed by atoms with E-state index in [1.165, 1.54) is 11.8 Å². The van der Waals surface area contributed by atoms with E-state index in [0.717, 1.165) is 15.7 Å². The summed E-state index contributed by atoms with van der Waals surface area (Å²) < 4.78 is 8.29. The van der Waals surface area contributed by atoms with Crippen LogP contribution in [0.25, 0.3) is 11.6 Å². The molecule has 0 aliphatic carbocycles. The number of thioether (sulfide) groups is 1. The van der Waals surface area contributed by atoms with E-state index in [9.17, 15) is 4.79 Å². The molecule has 8 heteroatoms. The number of aromatic nitrogens is 3. The van der Waals surface area contributed by atoms with Crippen molar-refractivity contribution in [2.24, 2.45) is 0 Å². The first-order valence-corrected chi connectivity index (χ1v) is 10.6. The maximum absolute atomic E-state index is 12.5. The van der Waals surface area contributed by atoms with Crippen LogP contribution in [0, 0.1) is 0 Å². The number of carbonyl (C=O) groups excluding carboxylic acids is 1. The van der Waals surface area contributed by atoms with E-state index < -0.39 is 0 Å². The van der Waals surface area contributed by atoms with Crippen LogP contribution in [-0.2, 0) is 11.3 Å². The van der Waals surface area contributed by atoms with Gasteiger partial charge in [-0.05, 0) is 41.8 Å². The molecular weight excluding hydrogens is 440 g/mol. The highest BCUT2D eigenvalue weighted by atomic mass is 79.9. The fourth-order valence-electron chi connectivity index (χ4n) is 2.72. The van der Waals surface area contributed by atoms with Gasteiger partial charge in [0.05, 0.1) is 12.0 Å². The molecule has 3 aromatic rings. The smallest absolute Gasteiger partial charge is 0.234 e. The van der Waals surface area contributed by atoms with E-state index in [2.05, 4.69) is 51.9 Å². The zero-order valence-electron chi connectivity index (χ0n) is 15.7. The molecule has 6 nitrogen and oxygen atoms in total. The van der Waals surface area contributed by atoms with E-state index >= 15 is 0 Å². The average molecular weight is 461 g/mol. The van der Waals surface area contributed by atoms with Gasteiger partial charge < -0.3 is 9.73 Å². The first-order chi connectivity index (χ1) is 13.5. The van der Waals surface area contributed by atoms with E-state index in [1.54, 1.807) is 18.4 Å². The first-order valence-electron chi connectivity index (χ1n) is 8.79. The molecule has 0 fully saturated rings. The van der Waals surface area contributed by atoms with Crippen LogP contribution in [0.5, 0.6) is 0 Å². The summed E-state index contributed by atoms with van der Waals surface area (Å²) in [5, 5.41) is 12.0. The normalized spacial score (nSPS) is 11.0. The number of benzene rings is 1. The standard InChI is InChI=1S/C20H21BrN4O2S/c1-4-9-25-19(17-6-5-10-27-17)23-24-20(25)28-12-18(26)22-16-8-7-14(21)11-15(16)13(2)3/h4-8,10-11,13H,1,9,12H2,2-3H3,(H,22,26). The van der Waals surface area contributed by atoms with Crippen molar-refractivity contribution in [3.8, 4) is 11.6 Å². The Morgan fingerprint density at radius 1 is 1.39 bits per heavy atom. The summed E-state index contributed by atoms with van der Waals surface area (Å²) in [7, 11) is 0. The summed E-state index contributed by atoms with van der Waals surface area (Å²) in [6.07, 6.45) is 3.35. The lowest BCUT2D eigenvalue weighted by molar-refractivity contribution is -0.113. The Kier molecular flexibility index (Phi) is 6.74. The van der Waals surface area contributed by atoms with Crippen LogP contribution in [0.4, 0.5) is 5.69 Å². The number of hydrogen-bond acceptors (Lipinski definition) is 5. The highest BCUT2D eigenvalue weighted by molar-refractivity contribution is 9.10. The first kappa shape index (κ1) is 20.4. The third-order valence-corrected chi connectivity index (χ3v) is 5.47. The lowest BCUT2D eigenvalue weighted by Gasteiger charge is -2.14. The van der Waals surface area contributed by atoms with E-state index in [-0.39, 0.29) is 11.7 Å². The van der Waals surface area contributed by atoms with Gasteiger partial charge in [0.1, 0.15) is 0 Å². The monoisotopic (exact) mass is 460 g/mol. The zero-order chi connectivity index (χ0) is 20.1. The van der Waals surface area contributed by atoms with Crippen molar-refractivity contribution >= 4 is 39.3 Å². The number of halogens is 1. The maximum Gasteiger partial charge on any atom is 0.234 e. The molecule has 1 N–H and O–H groups in total. The molecule has 0 bridgehead atoms. The molecule has 0 aliphatic rings. The molecule has 0 aliphatic heterocycles. The van der Waals surface area contributed by atoms with Crippen molar-refractivity contribution in [3.63, 3.8) is 0 Å². The molecule has 0 atom stereocenters. The summed E-state index contributed by atoms with van der Waals surface area (Å²) >= 11 is 4.81. The zero-order valence-corrected chi connectivity index (χ0v) is 18.1. The minimum Gasteiger partial charge on any atom is -0.461 e. The number of nitrogens with zero attached hydrogens (tertiary/aromatic N) is 3. The van der Waals surface area contributed by atoms with Crippen LogP contribution in [-0.4, -0.2) is 26.4 Å². The van der Waals surface area contributed by atoms with Gasteiger partial charge in [0.2, 0.25) is 11.7 Å². The number of carbonyl (C=O) groups is 1. The average Bonchev–Trinajstić information content (AvgIpc) is 3.31. The third-order valence-electron chi connectivity index (χ3n) is 4.01. The van der Waals surface area contributed by atoms with E-state index in [0.29, 0.717) is 29.2 Å². The lowest BCUT2D eigenvalue weighted by Crippen LogP contribution is -2.16. The quantitative estimate of drug-likeness (QED) is 0.362. The molecule has 1 amide bonds. The molecule has 28 heavy (non-hydrogen) atoms. The van der Waals surface area contributed by atoms with Crippen LogP contribution < -0.4 is 5.32 Å². The second-order valence-electron chi connectivity index (χ2n) is 6.41. The Bertz CT molecular complexity index is 967. The number of rotatable bonds is 8. The SMILES string of the molecule is C=CCn1c(SCC(=O)Nc2ccc(Br)cc2C(C)C)nnc1-c1ccco1. The predicted octanol–water partition coefficient (Wildman–Crippen LogP) is 5.34. The predicted molar refractivity (Wildman–Crippen MR) is 116 cm³/mol. The van der Waals surface area contributed by atoms with Gasteiger partial charge in [-0.15, -0.1) is 16.8 Å². The molecule has 146 valence electrons. The Hall–Kier alpha value is -2.32. The number of furan rings is 1. The fourth-order valence-corrected chi connectivity index (χ4v) is 3.85. The topological polar surface area (TPSA) is 73.0 Å². The summed E-state index contributed by atoms with van der Waals surface area (Å²) in [6, 6.07) is 9.49. The summed E-state index contributed by atoms with van der Waals surface area (Å²) in [5.74, 6) is 1.67. The van der Waals surface area contributed by atoms with E-state index in [4.69, 9.17) is 4.42 Å². The van der Waals surface area contributed by atoms with Crippen molar-refractivity contribution in [2.45, 2.75) is 31.5 Å². The molecule has 0 saturated heterocycles. The van der Waals surface area contributed by atoms with Crippen LogP contribution in [0.15, 0.2) is 63.3 Å². The number of amides is 1. The van der Waals surface area contributed by atoms with Crippen molar-refractivity contribution in [2.75, 3.05) is 11.1 Å². The van der Waals surface area contributed by atoms with Gasteiger partial charge in [0.25, 0.3) is 0 Å². The van der Waals surface area contributed by atoms with Crippen molar-refractivity contribution in [1.29, 1.82) is 0 Å². The van der Waals surface area contributed by atoms with Gasteiger partial charge in [-0.2, -0.15) is 0 Å². The Morgan fingerprint density at radius 2 is 2.21 bits per heavy atom. The maximum atomic E-state index is 12.5. The Balaban J connectivity index is 1.71. The largest absolute Gasteiger partial charge is 0.461 e. The fraction of sp³-hybridized carbons (Fsp3) is 0.250. The van der Waals surface area contributed by atoms with Crippen LogP contribution >= 0.6 is 27.7 Å². The number of hydrogen-bond donors (Lipinski definition) is 1. The summed E-state index contributed by atoms with van der Waals surface area (Å²) in [4.78, 5) is 12.5. The van der Waals surface area contributed by atoms with E-state index in [1.807, 2.05) is 28.8 Å². The molecule has 2 aromatic heterocycles.